The molecule has 0 fully saturated rings. The molecule has 3 heterocycles. The summed E-state index contributed by atoms with van der Waals surface area (Å²) in [6, 6.07) is 5.51. The number of terminal acetylenes is 1. The van der Waals surface area contributed by atoms with Crippen molar-refractivity contribution in [2.24, 2.45) is 16.1 Å². The molecule has 1 aliphatic heterocycles. The lowest BCUT2D eigenvalue weighted by Gasteiger charge is -2.21. The SMILES string of the molecule is C#CCCC1(CCC(=O)NC(c2nnc3ccccn23)C(C)C)N=N1. The van der Waals surface area contributed by atoms with E-state index in [2.05, 4.69) is 45.5 Å². The highest BCUT2D eigenvalue weighted by molar-refractivity contribution is 5.76. The molecule has 7 heteroatoms. The minimum atomic E-state index is -0.432. The Kier molecular flexibility index (Phi) is 4.79. The minimum Gasteiger partial charge on any atom is -0.346 e. The number of fused-ring (bicyclic) bond motifs is 1. The van der Waals surface area contributed by atoms with Crippen molar-refractivity contribution in [1.29, 1.82) is 0 Å². The summed E-state index contributed by atoms with van der Waals surface area (Å²) >= 11 is 0. The zero-order chi connectivity index (χ0) is 17.9. The Balaban J connectivity index is 1.64. The van der Waals surface area contributed by atoms with Crippen LogP contribution in [0, 0.1) is 18.3 Å². The number of hydrogen-bond acceptors (Lipinski definition) is 5. The van der Waals surface area contributed by atoms with Crippen molar-refractivity contribution >= 4 is 11.6 Å². The van der Waals surface area contributed by atoms with Gasteiger partial charge in [0.2, 0.25) is 5.91 Å². The van der Waals surface area contributed by atoms with Crippen molar-refractivity contribution in [2.45, 2.75) is 51.2 Å². The van der Waals surface area contributed by atoms with Crippen LogP contribution in [-0.2, 0) is 4.79 Å². The Bertz CT molecular complexity index is 825. The normalized spacial score (nSPS) is 15.9. The Morgan fingerprint density at radius 2 is 2.12 bits per heavy atom. The van der Waals surface area contributed by atoms with Crippen molar-refractivity contribution < 1.29 is 4.79 Å². The first-order valence-electron chi connectivity index (χ1n) is 8.51. The van der Waals surface area contributed by atoms with Gasteiger partial charge in [-0.05, 0) is 18.1 Å². The molecule has 1 unspecified atom stereocenters. The van der Waals surface area contributed by atoms with Crippen molar-refractivity contribution in [3.8, 4) is 12.3 Å². The molecule has 0 spiro atoms. The molecule has 3 rings (SSSR count). The van der Waals surface area contributed by atoms with Gasteiger partial charge in [-0.3, -0.25) is 9.20 Å². The highest BCUT2D eigenvalue weighted by Gasteiger charge is 2.39. The fourth-order valence-electron chi connectivity index (χ4n) is 2.83. The molecular weight excluding hydrogens is 316 g/mol. The smallest absolute Gasteiger partial charge is 0.220 e. The average Bonchev–Trinajstić information content (AvgIpc) is 3.26. The molecule has 2 aromatic rings. The van der Waals surface area contributed by atoms with Gasteiger partial charge in [0, 0.05) is 31.9 Å². The first kappa shape index (κ1) is 17.1. The Hall–Kier alpha value is -2.75. The standard InChI is InChI=1S/C18H22N6O/c1-4-5-10-18(22-23-18)11-9-15(25)19-16(13(2)3)17-21-20-14-8-6-7-12-24(14)17/h1,6-8,12-13,16H,5,9-11H2,2-3H3,(H,19,25). The lowest BCUT2D eigenvalue weighted by molar-refractivity contribution is -0.122. The molecule has 1 atom stereocenters. The highest BCUT2D eigenvalue weighted by atomic mass is 16.1. The molecule has 0 aromatic carbocycles. The van der Waals surface area contributed by atoms with Crippen molar-refractivity contribution in [3.05, 3.63) is 30.2 Å². The predicted molar refractivity (Wildman–Crippen MR) is 93.6 cm³/mol. The average molecular weight is 338 g/mol. The van der Waals surface area contributed by atoms with Gasteiger partial charge >= 0.3 is 0 Å². The second-order valence-electron chi connectivity index (χ2n) is 6.66. The molecule has 0 saturated carbocycles. The topological polar surface area (TPSA) is 84.0 Å². The summed E-state index contributed by atoms with van der Waals surface area (Å²) in [5.74, 6) is 3.48. The molecule has 7 nitrogen and oxygen atoms in total. The van der Waals surface area contributed by atoms with Gasteiger partial charge in [0.1, 0.15) is 0 Å². The molecule has 0 aliphatic carbocycles. The van der Waals surface area contributed by atoms with Gasteiger partial charge in [0.15, 0.2) is 17.1 Å². The third-order valence-electron chi connectivity index (χ3n) is 4.41. The number of nitrogens with zero attached hydrogens (tertiary/aromatic N) is 5. The summed E-state index contributed by atoms with van der Waals surface area (Å²) in [6.07, 6.45) is 9.47. The summed E-state index contributed by atoms with van der Waals surface area (Å²) in [6.45, 7) is 4.10. The third-order valence-corrected chi connectivity index (χ3v) is 4.41. The van der Waals surface area contributed by atoms with Crippen LogP contribution in [0.1, 0.15) is 51.4 Å². The number of nitrogens with one attached hydrogen (secondary N) is 1. The molecule has 0 bridgehead atoms. The number of pyridine rings is 1. The number of amides is 1. The number of hydrogen-bond donors (Lipinski definition) is 1. The van der Waals surface area contributed by atoms with E-state index in [4.69, 9.17) is 6.42 Å². The fraction of sp³-hybridized carbons (Fsp3) is 0.500. The van der Waals surface area contributed by atoms with E-state index >= 15 is 0 Å². The quantitative estimate of drug-likeness (QED) is 0.751. The van der Waals surface area contributed by atoms with Gasteiger partial charge in [0.05, 0.1) is 6.04 Å². The van der Waals surface area contributed by atoms with E-state index in [0.29, 0.717) is 25.7 Å². The maximum Gasteiger partial charge on any atom is 0.220 e. The molecule has 25 heavy (non-hydrogen) atoms. The molecule has 0 radical (unpaired) electrons. The summed E-state index contributed by atoms with van der Waals surface area (Å²) < 4.78 is 1.91. The Morgan fingerprint density at radius 1 is 1.32 bits per heavy atom. The summed E-state index contributed by atoms with van der Waals surface area (Å²) in [5, 5.41) is 19.7. The van der Waals surface area contributed by atoms with Crippen molar-refractivity contribution in [2.75, 3.05) is 0 Å². The van der Waals surface area contributed by atoms with E-state index in [9.17, 15) is 4.79 Å². The highest BCUT2D eigenvalue weighted by Crippen LogP contribution is 2.37. The van der Waals surface area contributed by atoms with Crippen LogP contribution < -0.4 is 5.32 Å². The summed E-state index contributed by atoms with van der Waals surface area (Å²) in [4.78, 5) is 12.4. The zero-order valence-electron chi connectivity index (χ0n) is 14.5. The van der Waals surface area contributed by atoms with E-state index in [1.807, 2.05) is 28.8 Å². The molecule has 1 aliphatic rings. The van der Waals surface area contributed by atoms with Crippen LogP contribution in [0.25, 0.3) is 5.65 Å². The Morgan fingerprint density at radius 3 is 2.80 bits per heavy atom. The van der Waals surface area contributed by atoms with Gasteiger partial charge in [-0.1, -0.05) is 19.9 Å². The zero-order valence-corrected chi connectivity index (χ0v) is 14.5. The van der Waals surface area contributed by atoms with Crippen molar-refractivity contribution in [3.63, 3.8) is 0 Å². The molecular formula is C18H22N6O. The van der Waals surface area contributed by atoms with Crippen LogP contribution in [0.5, 0.6) is 0 Å². The summed E-state index contributed by atoms with van der Waals surface area (Å²) in [7, 11) is 0. The van der Waals surface area contributed by atoms with E-state index in [-0.39, 0.29) is 17.9 Å². The van der Waals surface area contributed by atoms with Crippen LogP contribution in [0.3, 0.4) is 0 Å². The largest absolute Gasteiger partial charge is 0.346 e. The molecule has 2 aromatic heterocycles. The monoisotopic (exact) mass is 338 g/mol. The maximum absolute atomic E-state index is 12.4. The summed E-state index contributed by atoms with van der Waals surface area (Å²) in [5.41, 5.74) is 0.333. The predicted octanol–water partition coefficient (Wildman–Crippen LogP) is 2.90. The van der Waals surface area contributed by atoms with Gasteiger partial charge in [-0.25, -0.2) is 0 Å². The van der Waals surface area contributed by atoms with Gasteiger partial charge in [-0.2, -0.15) is 10.2 Å². The lowest BCUT2D eigenvalue weighted by Crippen LogP contribution is -2.33. The van der Waals surface area contributed by atoms with Crippen LogP contribution in [0.4, 0.5) is 0 Å². The van der Waals surface area contributed by atoms with Crippen LogP contribution in [0.15, 0.2) is 34.6 Å². The van der Waals surface area contributed by atoms with Gasteiger partial charge in [-0.15, -0.1) is 22.5 Å². The molecule has 1 N–H and O–H groups in total. The number of rotatable bonds is 8. The first-order chi connectivity index (χ1) is 12.0. The second kappa shape index (κ2) is 7.01. The fourth-order valence-corrected chi connectivity index (χ4v) is 2.83. The van der Waals surface area contributed by atoms with Crippen molar-refractivity contribution in [1.82, 2.24) is 19.9 Å². The van der Waals surface area contributed by atoms with E-state index in [1.54, 1.807) is 0 Å². The lowest BCUT2D eigenvalue weighted by atomic mass is 10.0. The number of carbonyl (C=O) groups excluding carboxylic acids is 1. The Labute approximate surface area is 146 Å². The van der Waals surface area contributed by atoms with Crippen LogP contribution in [-0.4, -0.2) is 26.2 Å². The molecule has 0 saturated heterocycles. The number of aromatic nitrogens is 3. The first-order valence-corrected chi connectivity index (χ1v) is 8.51. The molecule has 130 valence electrons. The van der Waals surface area contributed by atoms with E-state index in [0.717, 1.165) is 11.5 Å². The van der Waals surface area contributed by atoms with Crippen LogP contribution in [0.2, 0.25) is 0 Å². The van der Waals surface area contributed by atoms with E-state index in [1.165, 1.54) is 0 Å². The van der Waals surface area contributed by atoms with Gasteiger partial charge in [0.25, 0.3) is 0 Å². The van der Waals surface area contributed by atoms with Crippen LogP contribution >= 0.6 is 0 Å². The van der Waals surface area contributed by atoms with E-state index < -0.39 is 5.66 Å². The van der Waals surface area contributed by atoms with Gasteiger partial charge < -0.3 is 5.32 Å². The second-order valence-corrected chi connectivity index (χ2v) is 6.66. The maximum atomic E-state index is 12.4. The molecule has 1 amide bonds. The number of carbonyl (C=O) groups is 1. The minimum absolute atomic E-state index is 0.0382. The third kappa shape index (κ3) is 3.85.